The summed E-state index contributed by atoms with van der Waals surface area (Å²) in [6.07, 6.45) is 6.49. The van der Waals surface area contributed by atoms with Crippen LogP contribution in [0.4, 0.5) is 10.1 Å². The number of benzene rings is 2. The number of halogens is 1. The number of likely N-dealkylation sites (N-methyl/N-ethyl adjacent to an activating group) is 2. The number of rotatable bonds is 7. The summed E-state index contributed by atoms with van der Waals surface area (Å²) < 4.78 is 13.8. The molecule has 36 heavy (non-hydrogen) atoms. The first-order valence-electron chi connectivity index (χ1n) is 13.0. The molecule has 0 saturated carbocycles. The molecular formula is C30H37FN4O. The Bertz CT molecular complexity index is 1210. The maximum absolute atomic E-state index is 13.8. The zero-order valence-corrected chi connectivity index (χ0v) is 21.6. The molecule has 190 valence electrons. The Labute approximate surface area is 213 Å². The average Bonchev–Trinajstić information content (AvgIpc) is 3.44. The molecule has 2 aromatic carbocycles. The van der Waals surface area contributed by atoms with Crippen LogP contribution in [0.2, 0.25) is 0 Å². The van der Waals surface area contributed by atoms with Gasteiger partial charge in [-0.3, -0.25) is 4.79 Å². The van der Waals surface area contributed by atoms with Gasteiger partial charge in [-0.25, -0.2) is 4.39 Å². The molecule has 6 heteroatoms. The molecule has 3 aromatic rings. The SMILES string of the molecule is CCNCCN(C)CC.O=C1Nc2cccc(-c3cccc(F)c3)c2/C1=C/c1cc2c([nH]1)CCCC2. The average molecular weight is 489 g/mol. The van der Waals surface area contributed by atoms with Gasteiger partial charge in [-0.15, -0.1) is 0 Å². The number of carbonyl (C=O) groups is 1. The number of H-pyrrole nitrogens is 1. The van der Waals surface area contributed by atoms with E-state index in [1.807, 2.05) is 30.3 Å². The second-order valence-electron chi connectivity index (χ2n) is 9.44. The van der Waals surface area contributed by atoms with Gasteiger partial charge in [-0.2, -0.15) is 0 Å². The molecular weight excluding hydrogens is 451 g/mol. The van der Waals surface area contributed by atoms with Crippen LogP contribution in [0.5, 0.6) is 0 Å². The smallest absolute Gasteiger partial charge is 0.256 e. The van der Waals surface area contributed by atoms with Crippen molar-refractivity contribution in [2.24, 2.45) is 0 Å². The minimum atomic E-state index is -0.287. The molecule has 1 aliphatic heterocycles. The third-order valence-electron chi connectivity index (χ3n) is 6.86. The Morgan fingerprint density at radius 2 is 1.89 bits per heavy atom. The summed E-state index contributed by atoms with van der Waals surface area (Å²) in [7, 11) is 2.14. The lowest BCUT2D eigenvalue weighted by Gasteiger charge is -2.12. The molecule has 2 heterocycles. The third kappa shape index (κ3) is 6.12. The predicted molar refractivity (Wildman–Crippen MR) is 147 cm³/mol. The fraction of sp³-hybridized carbons (Fsp3) is 0.367. The van der Waals surface area contributed by atoms with Crippen LogP contribution in [0.25, 0.3) is 22.8 Å². The van der Waals surface area contributed by atoms with E-state index in [0.717, 1.165) is 67.1 Å². The fourth-order valence-corrected chi connectivity index (χ4v) is 4.75. The molecule has 1 aliphatic carbocycles. The summed E-state index contributed by atoms with van der Waals surface area (Å²) >= 11 is 0. The van der Waals surface area contributed by atoms with Gasteiger partial charge in [0.25, 0.3) is 5.91 Å². The fourth-order valence-electron chi connectivity index (χ4n) is 4.75. The van der Waals surface area contributed by atoms with Crippen molar-refractivity contribution >= 4 is 23.2 Å². The number of nitrogens with one attached hydrogen (secondary N) is 3. The lowest BCUT2D eigenvalue weighted by molar-refractivity contribution is -0.110. The van der Waals surface area contributed by atoms with Crippen LogP contribution in [-0.4, -0.2) is 49.0 Å². The van der Waals surface area contributed by atoms with E-state index in [9.17, 15) is 9.18 Å². The number of anilines is 1. The van der Waals surface area contributed by atoms with Crippen molar-refractivity contribution in [3.63, 3.8) is 0 Å². The van der Waals surface area contributed by atoms with Gasteiger partial charge in [0.15, 0.2) is 0 Å². The van der Waals surface area contributed by atoms with Gasteiger partial charge in [0, 0.05) is 35.7 Å². The molecule has 2 aliphatic rings. The van der Waals surface area contributed by atoms with Crippen molar-refractivity contribution < 1.29 is 9.18 Å². The molecule has 0 atom stereocenters. The first-order valence-corrected chi connectivity index (χ1v) is 13.0. The van der Waals surface area contributed by atoms with Crippen molar-refractivity contribution in [3.8, 4) is 11.1 Å². The van der Waals surface area contributed by atoms with Gasteiger partial charge >= 0.3 is 0 Å². The van der Waals surface area contributed by atoms with E-state index in [2.05, 4.69) is 47.5 Å². The molecule has 0 radical (unpaired) electrons. The van der Waals surface area contributed by atoms with Gasteiger partial charge in [-0.1, -0.05) is 38.1 Å². The molecule has 0 spiro atoms. The van der Waals surface area contributed by atoms with Gasteiger partial charge in [0.2, 0.25) is 0 Å². The molecule has 0 saturated heterocycles. The molecule has 1 aromatic heterocycles. The Kier molecular flexibility index (Phi) is 8.73. The van der Waals surface area contributed by atoms with Crippen molar-refractivity contribution in [1.29, 1.82) is 0 Å². The van der Waals surface area contributed by atoms with Crippen molar-refractivity contribution in [3.05, 3.63) is 76.9 Å². The molecule has 0 fully saturated rings. The number of aromatic amines is 1. The topological polar surface area (TPSA) is 60.2 Å². The van der Waals surface area contributed by atoms with Gasteiger partial charge < -0.3 is 20.5 Å². The summed E-state index contributed by atoms with van der Waals surface area (Å²) in [5.41, 5.74) is 7.42. The van der Waals surface area contributed by atoms with Crippen molar-refractivity contribution in [1.82, 2.24) is 15.2 Å². The summed E-state index contributed by atoms with van der Waals surface area (Å²) in [5.74, 6) is -0.411. The Balaban J connectivity index is 0.000000292. The highest BCUT2D eigenvalue weighted by Gasteiger charge is 2.27. The third-order valence-corrected chi connectivity index (χ3v) is 6.86. The van der Waals surface area contributed by atoms with E-state index in [1.54, 1.807) is 6.07 Å². The standard InChI is InChI=1S/C23H19FN2O.C7H18N2/c24-16-7-3-6-14(11-16)18-8-4-10-21-22(18)19(23(27)26-21)13-17-12-15-5-1-2-9-20(15)25-17;1-4-8-6-7-9(3)5-2/h3-4,6-8,10-13,25H,1-2,5,9H2,(H,26,27);8H,4-7H2,1-3H3/b19-13-;. The lowest BCUT2D eigenvalue weighted by atomic mass is 9.94. The Hall–Kier alpha value is -3.22. The van der Waals surface area contributed by atoms with Gasteiger partial charge in [-0.05, 0) is 92.9 Å². The van der Waals surface area contributed by atoms with E-state index >= 15 is 0 Å². The molecule has 5 nitrogen and oxygen atoms in total. The summed E-state index contributed by atoms with van der Waals surface area (Å²) in [6, 6.07) is 14.3. The lowest BCUT2D eigenvalue weighted by Crippen LogP contribution is -2.28. The summed E-state index contributed by atoms with van der Waals surface area (Å²) in [6.45, 7) is 8.80. The minimum Gasteiger partial charge on any atom is -0.359 e. The van der Waals surface area contributed by atoms with Crippen LogP contribution in [-0.2, 0) is 17.6 Å². The van der Waals surface area contributed by atoms with Gasteiger partial charge in [0.1, 0.15) is 5.82 Å². The number of fused-ring (bicyclic) bond motifs is 2. The maximum atomic E-state index is 13.8. The van der Waals surface area contributed by atoms with E-state index in [1.165, 1.54) is 36.2 Å². The number of hydrogen-bond acceptors (Lipinski definition) is 3. The largest absolute Gasteiger partial charge is 0.359 e. The first-order chi connectivity index (χ1) is 17.5. The molecule has 0 bridgehead atoms. The predicted octanol–water partition coefficient (Wildman–Crippen LogP) is 5.74. The van der Waals surface area contributed by atoms with Crippen LogP contribution in [0.3, 0.4) is 0 Å². The normalized spacial score (nSPS) is 15.4. The van der Waals surface area contributed by atoms with E-state index in [-0.39, 0.29) is 11.7 Å². The molecule has 3 N–H and O–H groups in total. The van der Waals surface area contributed by atoms with E-state index in [0.29, 0.717) is 5.57 Å². The maximum Gasteiger partial charge on any atom is 0.256 e. The second-order valence-corrected chi connectivity index (χ2v) is 9.44. The minimum absolute atomic E-state index is 0.124. The highest BCUT2D eigenvalue weighted by molar-refractivity contribution is 6.36. The highest BCUT2D eigenvalue weighted by atomic mass is 19.1. The monoisotopic (exact) mass is 488 g/mol. The summed E-state index contributed by atoms with van der Waals surface area (Å²) in [4.78, 5) is 18.4. The van der Waals surface area contributed by atoms with Crippen LogP contribution in [0, 0.1) is 5.82 Å². The van der Waals surface area contributed by atoms with Crippen molar-refractivity contribution in [2.45, 2.75) is 39.5 Å². The molecule has 0 unspecified atom stereocenters. The van der Waals surface area contributed by atoms with Gasteiger partial charge in [0.05, 0.1) is 5.57 Å². The van der Waals surface area contributed by atoms with E-state index in [4.69, 9.17) is 0 Å². The first kappa shape index (κ1) is 25.9. The molecule has 5 rings (SSSR count). The van der Waals surface area contributed by atoms with E-state index < -0.39 is 0 Å². The number of carbonyl (C=O) groups excluding carboxylic acids is 1. The van der Waals surface area contributed by atoms with Crippen LogP contribution < -0.4 is 10.6 Å². The van der Waals surface area contributed by atoms with Crippen LogP contribution in [0.15, 0.2) is 48.5 Å². The molecule has 1 amide bonds. The zero-order valence-electron chi connectivity index (χ0n) is 21.6. The number of amides is 1. The Morgan fingerprint density at radius 1 is 1.08 bits per heavy atom. The highest BCUT2D eigenvalue weighted by Crippen LogP contribution is 2.40. The number of aromatic nitrogens is 1. The van der Waals surface area contributed by atoms with Crippen LogP contribution >= 0.6 is 0 Å². The number of hydrogen-bond donors (Lipinski definition) is 3. The second kappa shape index (κ2) is 12.2. The summed E-state index contributed by atoms with van der Waals surface area (Å²) in [5, 5.41) is 6.21. The number of aryl methyl sites for hydroxylation is 2. The number of nitrogens with zero attached hydrogens (tertiary/aromatic N) is 1. The zero-order chi connectivity index (χ0) is 25.5. The van der Waals surface area contributed by atoms with Crippen LogP contribution in [0.1, 0.15) is 49.2 Å². The Morgan fingerprint density at radius 3 is 2.64 bits per heavy atom. The van der Waals surface area contributed by atoms with Crippen molar-refractivity contribution in [2.75, 3.05) is 38.5 Å². The quantitative estimate of drug-likeness (QED) is 0.294.